The van der Waals surface area contributed by atoms with Crippen molar-refractivity contribution < 1.29 is 4.79 Å². The standard InChI is InChI=1S/C16H26N4O/c1-17-16(21)14-6-4-13(5-7-14)10-18-11-15-12-19(2)8-9-20(15)3/h4-7,15,18H,8-12H2,1-3H3,(H,17,21). The molecule has 1 aromatic rings. The summed E-state index contributed by atoms with van der Waals surface area (Å²) in [6, 6.07) is 8.32. The Morgan fingerprint density at radius 3 is 2.62 bits per heavy atom. The van der Waals surface area contributed by atoms with Crippen LogP contribution in [-0.4, -0.2) is 69.1 Å². The first-order valence-corrected chi connectivity index (χ1v) is 7.50. The normalized spacial score (nSPS) is 20.4. The molecule has 1 heterocycles. The van der Waals surface area contributed by atoms with Crippen LogP contribution in [-0.2, 0) is 6.54 Å². The van der Waals surface area contributed by atoms with E-state index in [4.69, 9.17) is 0 Å². The molecule has 2 rings (SSSR count). The second-order valence-electron chi connectivity index (χ2n) is 5.80. The van der Waals surface area contributed by atoms with Crippen molar-refractivity contribution in [1.82, 2.24) is 20.4 Å². The smallest absolute Gasteiger partial charge is 0.251 e. The molecular weight excluding hydrogens is 264 g/mol. The summed E-state index contributed by atoms with van der Waals surface area (Å²) in [5, 5.41) is 6.15. The summed E-state index contributed by atoms with van der Waals surface area (Å²) < 4.78 is 0. The van der Waals surface area contributed by atoms with Crippen molar-refractivity contribution in [1.29, 1.82) is 0 Å². The second-order valence-corrected chi connectivity index (χ2v) is 5.80. The minimum atomic E-state index is -0.0404. The van der Waals surface area contributed by atoms with Gasteiger partial charge >= 0.3 is 0 Å². The van der Waals surface area contributed by atoms with Crippen molar-refractivity contribution in [2.45, 2.75) is 12.6 Å². The van der Waals surface area contributed by atoms with E-state index in [1.54, 1.807) is 7.05 Å². The largest absolute Gasteiger partial charge is 0.355 e. The maximum Gasteiger partial charge on any atom is 0.251 e. The number of rotatable bonds is 5. The molecule has 1 saturated heterocycles. The molecule has 1 unspecified atom stereocenters. The van der Waals surface area contributed by atoms with Gasteiger partial charge in [-0.15, -0.1) is 0 Å². The summed E-state index contributed by atoms with van der Waals surface area (Å²) in [6.45, 7) is 5.21. The predicted octanol–water partition coefficient (Wildman–Crippen LogP) is 0.382. The van der Waals surface area contributed by atoms with Gasteiger partial charge < -0.3 is 15.5 Å². The average Bonchev–Trinajstić information content (AvgIpc) is 2.50. The minimum absolute atomic E-state index is 0.0404. The SMILES string of the molecule is CNC(=O)c1ccc(CNCC2CN(C)CCN2C)cc1. The summed E-state index contributed by atoms with van der Waals surface area (Å²) in [5.41, 5.74) is 1.91. The van der Waals surface area contributed by atoms with Crippen LogP contribution in [0.4, 0.5) is 0 Å². The highest BCUT2D eigenvalue weighted by Crippen LogP contribution is 2.07. The number of carbonyl (C=O) groups excluding carboxylic acids is 1. The fourth-order valence-corrected chi connectivity index (χ4v) is 2.62. The van der Waals surface area contributed by atoms with Crippen LogP contribution in [0.5, 0.6) is 0 Å². The zero-order chi connectivity index (χ0) is 15.2. The summed E-state index contributed by atoms with van der Waals surface area (Å²) in [5.74, 6) is -0.0404. The van der Waals surface area contributed by atoms with Gasteiger partial charge in [0.2, 0.25) is 0 Å². The van der Waals surface area contributed by atoms with E-state index in [0.29, 0.717) is 11.6 Å². The molecule has 1 fully saturated rings. The lowest BCUT2D eigenvalue weighted by Gasteiger charge is -2.37. The van der Waals surface area contributed by atoms with Crippen LogP contribution in [0.15, 0.2) is 24.3 Å². The molecule has 1 amide bonds. The Morgan fingerprint density at radius 1 is 1.24 bits per heavy atom. The molecule has 1 aliphatic heterocycles. The number of hydrogen-bond donors (Lipinski definition) is 2. The van der Waals surface area contributed by atoms with E-state index < -0.39 is 0 Å². The molecule has 1 aromatic carbocycles. The average molecular weight is 290 g/mol. The molecule has 5 heteroatoms. The van der Waals surface area contributed by atoms with Crippen molar-refractivity contribution in [3.05, 3.63) is 35.4 Å². The highest BCUT2D eigenvalue weighted by molar-refractivity contribution is 5.93. The van der Waals surface area contributed by atoms with Crippen molar-refractivity contribution in [3.63, 3.8) is 0 Å². The summed E-state index contributed by atoms with van der Waals surface area (Å²) in [4.78, 5) is 16.3. The topological polar surface area (TPSA) is 47.6 Å². The maximum absolute atomic E-state index is 11.5. The Balaban J connectivity index is 1.79. The zero-order valence-corrected chi connectivity index (χ0v) is 13.2. The van der Waals surface area contributed by atoms with Gasteiger partial charge in [-0.2, -0.15) is 0 Å². The number of amides is 1. The number of piperazine rings is 1. The molecule has 2 N–H and O–H groups in total. The van der Waals surface area contributed by atoms with E-state index in [0.717, 1.165) is 32.7 Å². The van der Waals surface area contributed by atoms with E-state index in [1.807, 2.05) is 24.3 Å². The third kappa shape index (κ3) is 4.52. The van der Waals surface area contributed by atoms with Gasteiger partial charge in [-0.3, -0.25) is 9.69 Å². The lowest BCUT2D eigenvalue weighted by Crippen LogP contribution is -2.53. The Kier molecular flexibility index (Phi) is 5.73. The van der Waals surface area contributed by atoms with Gasteiger partial charge in [-0.25, -0.2) is 0 Å². The molecule has 0 bridgehead atoms. The predicted molar refractivity (Wildman–Crippen MR) is 85.5 cm³/mol. The van der Waals surface area contributed by atoms with Crippen molar-refractivity contribution in [2.75, 3.05) is 47.3 Å². The van der Waals surface area contributed by atoms with E-state index in [9.17, 15) is 4.79 Å². The number of benzene rings is 1. The lowest BCUT2D eigenvalue weighted by molar-refractivity contribution is 0.0963. The van der Waals surface area contributed by atoms with Crippen LogP contribution >= 0.6 is 0 Å². The molecule has 1 aliphatic rings. The molecule has 0 radical (unpaired) electrons. The van der Waals surface area contributed by atoms with Gasteiger partial charge in [-0.1, -0.05) is 12.1 Å². The second kappa shape index (κ2) is 7.54. The van der Waals surface area contributed by atoms with Crippen LogP contribution < -0.4 is 10.6 Å². The Bertz CT molecular complexity index is 460. The molecule has 0 spiro atoms. The van der Waals surface area contributed by atoms with E-state index in [1.165, 1.54) is 5.56 Å². The van der Waals surface area contributed by atoms with Crippen LogP contribution in [0.3, 0.4) is 0 Å². The third-order valence-corrected chi connectivity index (χ3v) is 4.13. The molecule has 0 aromatic heterocycles. The van der Waals surface area contributed by atoms with Crippen molar-refractivity contribution in [3.8, 4) is 0 Å². The molecule has 21 heavy (non-hydrogen) atoms. The maximum atomic E-state index is 11.5. The molecular formula is C16H26N4O. The van der Waals surface area contributed by atoms with Gasteiger partial charge in [0.15, 0.2) is 0 Å². The Morgan fingerprint density at radius 2 is 1.95 bits per heavy atom. The lowest BCUT2D eigenvalue weighted by atomic mass is 10.1. The highest BCUT2D eigenvalue weighted by atomic mass is 16.1. The number of carbonyl (C=O) groups is 1. The summed E-state index contributed by atoms with van der Waals surface area (Å²) >= 11 is 0. The molecule has 1 atom stereocenters. The van der Waals surface area contributed by atoms with Crippen LogP contribution in [0.1, 0.15) is 15.9 Å². The van der Waals surface area contributed by atoms with Gasteiger partial charge in [-0.05, 0) is 31.8 Å². The first-order valence-electron chi connectivity index (χ1n) is 7.50. The van der Waals surface area contributed by atoms with Crippen molar-refractivity contribution in [2.24, 2.45) is 0 Å². The van der Waals surface area contributed by atoms with Crippen molar-refractivity contribution >= 4 is 5.91 Å². The van der Waals surface area contributed by atoms with Crippen LogP contribution in [0.2, 0.25) is 0 Å². The fourth-order valence-electron chi connectivity index (χ4n) is 2.62. The van der Waals surface area contributed by atoms with E-state index in [2.05, 4.69) is 34.5 Å². The number of nitrogens with one attached hydrogen (secondary N) is 2. The Hall–Kier alpha value is -1.43. The zero-order valence-electron chi connectivity index (χ0n) is 13.2. The van der Waals surface area contributed by atoms with Gasteiger partial charge in [0.1, 0.15) is 0 Å². The highest BCUT2D eigenvalue weighted by Gasteiger charge is 2.21. The molecule has 5 nitrogen and oxygen atoms in total. The minimum Gasteiger partial charge on any atom is -0.355 e. The Labute approximate surface area is 127 Å². The third-order valence-electron chi connectivity index (χ3n) is 4.13. The quantitative estimate of drug-likeness (QED) is 0.823. The fraction of sp³-hybridized carbons (Fsp3) is 0.562. The number of likely N-dealkylation sites (N-methyl/N-ethyl adjacent to an activating group) is 2. The monoisotopic (exact) mass is 290 g/mol. The first kappa shape index (κ1) is 15.9. The van der Waals surface area contributed by atoms with Crippen LogP contribution in [0, 0.1) is 0 Å². The van der Waals surface area contributed by atoms with E-state index >= 15 is 0 Å². The van der Waals surface area contributed by atoms with Crippen LogP contribution in [0.25, 0.3) is 0 Å². The molecule has 0 saturated carbocycles. The first-order chi connectivity index (χ1) is 10.1. The van der Waals surface area contributed by atoms with Gasteiger partial charge in [0.25, 0.3) is 5.91 Å². The van der Waals surface area contributed by atoms with Gasteiger partial charge in [0, 0.05) is 51.4 Å². The summed E-state index contributed by atoms with van der Waals surface area (Å²) in [7, 11) is 6.02. The molecule has 0 aliphatic carbocycles. The summed E-state index contributed by atoms with van der Waals surface area (Å²) in [6.07, 6.45) is 0. The van der Waals surface area contributed by atoms with Gasteiger partial charge in [0.05, 0.1) is 0 Å². The number of nitrogens with zero attached hydrogens (tertiary/aromatic N) is 2. The molecule has 116 valence electrons. The number of hydrogen-bond acceptors (Lipinski definition) is 4. The van der Waals surface area contributed by atoms with E-state index in [-0.39, 0.29) is 5.91 Å².